The van der Waals surface area contributed by atoms with Crippen LogP contribution in [-0.2, 0) is 11.3 Å². The zero-order valence-corrected chi connectivity index (χ0v) is 14.4. The first-order valence-corrected chi connectivity index (χ1v) is 7.90. The molecule has 0 fully saturated rings. The van der Waals surface area contributed by atoms with Gasteiger partial charge >= 0.3 is 0 Å². The van der Waals surface area contributed by atoms with Gasteiger partial charge in [0.2, 0.25) is 12.7 Å². The molecule has 7 nitrogen and oxygen atoms in total. The highest BCUT2D eigenvalue weighted by Crippen LogP contribution is 2.37. The van der Waals surface area contributed by atoms with Crippen LogP contribution in [0.25, 0.3) is 0 Å². The number of furan rings is 1. The van der Waals surface area contributed by atoms with E-state index in [-0.39, 0.29) is 25.0 Å². The molecule has 1 aromatic heterocycles. The Morgan fingerprint density at radius 3 is 2.56 bits per heavy atom. The summed E-state index contributed by atoms with van der Waals surface area (Å²) in [5.74, 6) is 2.26. The Bertz CT molecular complexity index is 812. The number of likely N-dealkylation sites (N-methyl/N-ethyl adjacent to an activating group) is 1. The molecule has 1 aliphatic rings. The summed E-state index contributed by atoms with van der Waals surface area (Å²) in [5, 5.41) is 2.78. The summed E-state index contributed by atoms with van der Waals surface area (Å²) in [6.07, 6.45) is 0. The number of aryl methyl sites for hydroxylation is 1. The molecular weight excluding hydrogens is 324 g/mol. The van der Waals surface area contributed by atoms with Gasteiger partial charge in [-0.2, -0.15) is 0 Å². The van der Waals surface area contributed by atoms with Crippen molar-refractivity contribution in [2.24, 2.45) is 0 Å². The molecular formula is C18H20N2O5. The number of ketones is 1. The number of fused-ring (bicyclic) bond motifs is 1. The van der Waals surface area contributed by atoms with Gasteiger partial charge in [-0.15, -0.1) is 0 Å². The molecule has 1 aromatic carbocycles. The normalized spacial score (nSPS) is 12.5. The van der Waals surface area contributed by atoms with Crippen molar-refractivity contribution >= 4 is 17.4 Å². The zero-order valence-electron chi connectivity index (χ0n) is 14.4. The molecule has 0 saturated heterocycles. The molecule has 0 spiro atoms. The molecule has 1 amide bonds. The number of carbonyl (C=O) groups is 2. The first-order valence-electron chi connectivity index (χ1n) is 7.90. The highest BCUT2D eigenvalue weighted by molar-refractivity contribution is 6.05. The van der Waals surface area contributed by atoms with E-state index < -0.39 is 0 Å². The lowest BCUT2D eigenvalue weighted by molar-refractivity contribution is -0.117. The van der Waals surface area contributed by atoms with Crippen LogP contribution in [0.15, 0.2) is 28.7 Å². The van der Waals surface area contributed by atoms with Gasteiger partial charge in [0.25, 0.3) is 0 Å². The van der Waals surface area contributed by atoms with Crippen LogP contribution in [0, 0.1) is 6.92 Å². The highest BCUT2D eigenvalue weighted by atomic mass is 16.7. The van der Waals surface area contributed by atoms with Crippen LogP contribution < -0.4 is 14.8 Å². The molecule has 3 rings (SSSR count). The van der Waals surface area contributed by atoms with E-state index in [0.717, 1.165) is 11.5 Å². The number of hydrogen-bond acceptors (Lipinski definition) is 6. The van der Waals surface area contributed by atoms with Crippen LogP contribution in [0.4, 0.5) is 5.69 Å². The molecule has 0 unspecified atom stereocenters. The van der Waals surface area contributed by atoms with Gasteiger partial charge in [-0.3, -0.25) is 14.5 Å². The minimum atomic E-state index is -0.229. The molecule has 0 saturated carbocycles. The van der Waals surface area contributed by atoms with Crippen LogP contribution in [0.3, 0.4) is 0 Å². The lowest BCUT2D eigenvalue weighted by atomic mass is 10.1. The summed E-state index contributed by atoms with van der Waals surface area (Å²) in [4.78, 5) is 26.0. The highest BCUT2D eigenvalue weighted by Gasteiger charge is 2.20. The average Bonchev–Trinajstić information content (AvgIpc) is 3.14. The smallest absolute Gasteiger partial charge is 0.238 e. The van der Waals surface area contributed by atoms with Gasteiger partial charge in [-0.25, -0.2) is 0 Å². The van der Waals surface area contributed by atoms with E-state index in [1.807, 2.05) is 31.0 Å². The third-order valence-electron chi connectivity index (χ3n) is 3.80. The van der Waals surface area contributed by atoms with Crippen LogP contribution in [-0.4, -0.2) is 37.0 Å². The fourth-order valence-corrected chi connectivity index (χ4v) is 2.66. The van der Waals surface area contributed by atoms with Crippen LogP contribution in [0.1, 0.15) is 28.8 Å². The number of anilines is 1. The number of Topliss-reactive ketones (excluding diaryl/α,β-unsaturated/α-hetero) is 1. The quantitative estimate of drug-likeness (QED) is 0.811. The maximum absolute atomic E-state index is 12.3. The second kappa shape index (κ2) is 6.98. The number of benzene rings is 1. The molecule has 1 N–H and O–H groups in total. The maximum atomic E-state index is 12.3. The molecule has 2 aromatic rings. The largest absolute Gasteiger partial charge is 0.465 e. The molecule has 0 radical (unpaired) electrons. The van der Waals surface area contributed by atoms with Crippen molar-refractivity contribution in [3.8, 4) is 11.5 Å². The molecule has 0 bridgehead atoms. The van der Waals surface area contributed by atoms with E-state index in [2.05, 4.69) is 5.32 Å². The third kappa shape index (κ3) is 4.00. The SMILES string of the molecule is CC(=O)c1cc2c(cc1NC(=O)CN(C)Cc1ccc(C)o1)OCO2. The first-order chi connectivity index (χ1) is 11.9. The van der Waals surface area contributed by atoms with Crippen molar-refractivity contribution in [2.75, 3.05) is 25.7 Å². The molecule has 2 heterocycles. The summed E-state index contributed by atoms with van der Waals surface area (Å²) in [6.45, 7) is 4.10. The van der Waals surface area contributed by atoms with E-state index in [0.29, 0.717) is 29.3 Å². The fraction of sp³-hybridized carbons (Fsp3) is 0.333. The lowest BCUT2D eigenvalue weighted by Gasteiger charge is -2.16. The molecule has 132 valence electrons. The predicted octanol–water partition coefficient (Wildman–Crippen LogP) is 2.59. The third-order valence-corrected chi connectivity index (χ3v) is 3.80. The Hall–Kier alpha value is -2.80. The van der Waals surface area contributed by atoms with Gasteiger partial charge in [-0.1, -0.05) is 0 Å². The number of hydrogen-bond donors (Lipinski definition) is 1. The van der Waals surface area contributed by atoms with E-state index in [1.165, 1.54) is 6.92 Å². The monoisotopic (exact) mass is 344 g/mol. The molecule has 25 heavy (non-hydrogen) atoms. The topological polar surface area (TPSA) is 81.0 Å². The average molecular weight is 344 g/mol. The van der Waals surface area contributed by atoms with E-state index in [1.54, 1.807) is 12.1 Å². The minimum Gasteiger partial charge on any atom is -0.465 e. The van der Waals surface area contributed by atoms with Gasteiger partial charge in [0.05, 0.1) is 18.8 Å². The number of ether oxygens (including phenoxy) is 2. The molecule has 7 heteroatoms. The Balaban J connectivity index is 1.67. The summed E-state index contributed by atoms with van der Waals surface area (Å²) in [5.41, 5.74) is 0.811. The number of carbonyl (C=O) groups excluding carboxylic acids is 2. The van der Waals surface area contributed by atoms with E-state index in [9.17, 15) is 9.59 Å². The maximum Gasteiger partial charge on any atom is 0.238 e. The van der Waals surface area contributed by atoms with Gasteiger partial charge < -0.3 is 19.2 Å². The molecule has 0 atom stereocenters. The second-order valence-corrected chi connectivity index (χ2v) is 6.04. The summed E-state index contributed by atoms with van der Waals surface area (Å²) < 4.78 is 16.1. The van der Waals surface area contributed by atoms with Crippen LogP contribution in [0.2, 0.25) is 0 Å². The summed E-state index contributed by atoms with van der Waals surface area (Å²) in [7, 11) is 1.82. The van der Waals surface area contributed by atoms with Crippen LogP contribution >= 0.6 is 0 Å². The zero-order chi connectivity index (χ0) is 18.0. The van der Waals surface area contributed by atoms with E-state index >= 15 is 0 Å². The van der Waals surface area contributed by atoms with Crippen molar-refractivity contribution in [3.05, 3.63) is 41.3 Å². The first kappa shape index (κ1) is 17.0. The Morgan fingerprint density at radius 1 is 1.20 bits per heavy atom. The minimum absolute atomic E-state index is 0.107. The van der Waals surface area contributed by atoms with Gasteiger partial charge in [0.15, 0.2) is 17.3 Å². The lowest BCUT2D eigenvalue weighted by Crippen LogP contribution is -2.30. The van der Waals surface area contributed by atoms with Gasteiger partial charge in [0, 0.05) is 11.6 Å². The van der Waals surface area contributed by atoms with Crippen molar-refractivity contribution in [3.63, 3.8) is 0 Å². The van der Waals surface area contributed by atoms with Gasteiger partial charge in [-0.05, 0) is 39.1 Å². The van der Waals surface area contributed by atoms with Crippen molar-refractivity contribution in [1.29, 1.82) is 0 Å². The Morgan fingerprint density at radius 2 is 1.92 bits per heavy atom. The van der Waals surface area contributed by atoms with Crippen molar-refractivity contribution < 1.29 is 23.5 Å². The summed E-state index contributed by atoms with van der Waals surface area (Å²) in [6, 6.07) is 6.98. The predicted molar refractivity (Wildman–Crippen MR) is 91.0 cm³/mol. The Kier molecular flexibility index (Phi) is 4.76. The molecule has 0 aliphatic carbocycles. The Labute approximate surface area is 145 Å². The van der Waals surface area contributed by atoms with Crippen molar-refractivity contribution in [1.82, 2.24) is 4.90 Å². The second-order valence-electron chi connectivity index (χ2n) is 6.04. The summed E-state index contributed by atoms with van der Waals surface area (Å²) >= 11 is 0. The fourth-order valence-electron chi connectivity index (χ4n) is 2.66. The van der Waals surface area contributed by atoms with E-state index in [4.69, 9.17) is 13.9 Å². The van der Waals surface area contributed by atoms with Crippen LogP contribution in [0.5, 0.6) is 11.5 Å². The molecule has 1 aliphatic heterocycles. The number of nitrogens with zero attached hydrogens (tertiary/aromatic N) is 1. The van der Waals surface area contributed by atoms with Crippen molar-refractivity contribution in [2.45, 2.75) is 20.4 Å². The number of amides is 1. The standard InChI is InChI=1S/C18H20N2O5/c1-11-4-5-13(25-11)8-20(3)9-18(22)19-15-7-17-16(23-10-24-17)6-14(15)12(2)21/h4-7H,8-10H2,1-3H3,(H,19,22). The van der Waals surface area contributed by atoms with Gasteiger partial charge in [0.1, 0.15) is 11.5 Å². The number of nitrogens with one attached hydrogen (secondary N) is 1. The number of rotatable bonds is 6.